The summed E-state index contributed by atoms with van der Waals surface area (Å²) in [5.41, 5.74) is 5.51. The van der Waals surface area contributed by atoms with Crippen molar-refractivity contribution in [2.24, 2.45) is 5.92 Å². The van der Waals surface area contributed by atoms with E-state index in [0.717, 1.165) is 65.2 Å². The smallest absolute Gasteiger partial charge is 0.309 e. The Morgan fingerprint density at radius 1 is 1.30 bits per heavy atom. The molecule has 3 atom stereocenters. The minimum atomic E-state index is -0.0606. The van der Waals surface area contributed by atoms with Crippen LogP contribution in [0.2, 0.25) is 0 Å². The fourth-order valence-electron chi connectivity index (χ4n) is 5.96. The lowest BCUT2D eigenvalue weighted by molar-refractivity contribution is -0.148. The number of fused-ring (bicyclic) bond motifs is 2. The van der Waals surface area contributed by atoms with Crippen molar-refractivity contribution in [3.8, 4) is 0 Å². The van der Waals surface area contributed by atoms with E-state index in [-0.39, 0.29) is 11.9 Å². The van der Waals surface area contributed by atoms with Crippen LogP contribution in [0.4, 0.5) is 0 Å². The van der Waals surface area contributed by atoms with Gasteiger partial charge in [0.15, 0.2) is 0 Å². The topological polar surface area (TPSA) is 57.8 Å². The molecule has 2 aromatic rings. The van der Waals surface area contributed by atoms with Gasteiger partial charge in [-0.1, -0.05) is 19.1 Å². The van der Waals surface area contributed by atoms with E-state index in [1.54, 1.807) is 0 Å². The summed E-state index contributed by atoms with van der Waals surface area (Å²) in [5, 5.41) is 1.41. The highest BCUT2D eigenvalue weighted by Gasteiger charge is 2.43. The zero-order chi connectivity index (χ0) is 20.7. The molecule has 3 heterocycles. The van der Waals surface area contributed by atoms with Crippen molar-refractivity contribution in [1.82, 2.24) is 14.8 Å². The van der Waals surface area contributed by atoms with Crippen LogP contribution in [0.15, 0.2) is 18.2 Å². The lowest BCUT2D eigenvalue weighted by Crippen LogP contribution is -2.52. The second kappa shape index (κ2) is 8.33. The SMILES string of the molecule is CCCN1C[C@H](C(=O)OC)C[C@@H]2c3cccc4[nH]c(CN5CCOCC5)c(c34)C[C@H]21. The number of hydrogen-bond donors (Lipinski definition) is 1. The molecular weight excluding hydrogens is 378 g/mol. The van der Waals surface area contributed by atoms with Gasteiger partial charge in [0, 0.05) is 54.7 Å². The summed E-state index contributed by atoms with van der Waals surface area (Å²) in [4.78, 5) is 21.2. The van der Waals surface area contributed by atoms with Gasteiger partial charge in [-0.05, 0) is 43.0 Å². The van der Waals surface area contributed by atoms with Gasteiger partial charge in [0.05, 0.1) is 26.2 Å². The van der Waals surface area contributed by atoms with E-state index < -0.39 is 0 Å². The second-order valence-corrected chi connectivity index (χ2v) is 9.07. The van der Waals surface area contributed by atoms with Crippen molar-refractivity contribution >= 4 is 16.9 Å². The molecule has 0 unspecified atom stereocenters. The number of hydrogen-bond acceptors (Lipinski definition) is 5. The molecule has 2 fully saturated rings. The van der Waals surface area contributed by atoms with Crippen LogP contribution in [-0.4, -0.2) is 73.3 Å². The van der Waals surface area contributed by atoms with E-state index in [2.05, 4.69) is 39.9 Å². The Hall–Kier alpha value is -1.89. The lowest BCUT2D eigenvalue weighted by atomic mass is 9.71. The first-order valence-corrected chi connectivity index (χ1v) is 11.4. The Morgan fingerprint density at radius 2 is 2.13 bits per heavy atom. The zero-order valence-corrected chi connectivity index (χ0v) is 18.2. The van der Waals surface area contributed by atoms with Crippen molar-refractivity contribution in [3.05, 3.63) is 35.0 Å². The molecule has 0 saturated carbocycles. The van der Waals surface area contributed by atoms with E-state index in [4.69, 9.17) is 9.47 Å². The molecule has 2 aliphatic heterocycles. The zero-order valence-electron chi connectivity index (χ0n) is 18.2. The molecule has 2 saturated heterocycles. The molecule has 5 rings (SSSR count). The van der Waals surface area contributed by atoms with Gasteiger partial charge >= 0.3 is 5.97 Å². The number of nitrogens with one attached hydrogen (secondary N) is 1. The van der Waals surface area contributed by atoms with Crippen molar-refractivity contribution in [3.63, 3.8) is 0 Å². The summed E-state index contributed by atoms with van der Waals surface area (Å²) in [6, 6.07) is 7.13. The van der Waals surface area contributed by atoms with Crippen LogP contribution in [0.3, 0.4) is 0 Å². The van der Waals surface area contributed by atoms with Crippen molar-refractivity contribution in [2.75, 3.05) is 46.5 Å². The number of aromatic nitrogens is 1. The number of likely N-dealkylation sites (tertiary alicyclic amines) is 1. The number of nitrogens with zero attached hydrogens (tertiary/aromatic N) is 2. The summed E-state index contributed by atoms with van der Waals surface area (Å²) in [5.74, 6) is 0.290. The second-order valence-electron chi connectivity index (χ2n) is 9.07. The standard InChI is InChI=1S/C24H33N3O3/c1-3-7-27-14-16(24(28)29-2)12-18-17-5-4-6-20-23(17)19(13-22(18)27)21(25-20)15-26-8-10-30-11-9-26/h4-6,16,18,22,25H,3,7-15H2,1-2H3/t16-,18-,22-/m1/s1. The van der Waals surface area contributed by atoms with Crippen LogP contribution in [0.5, 0.6) is 0 Å². The molecule has 1 aromatic carbocycles. The fraction of sp³-hybridized carbons (Fsp3) is 0.625. The minimum absolute atomic E-state index is 0.0358. The molecule has 1 N–H and O–H groups in total. The summed E-state index contributed by atoms with van der Waals surface area (Å²) >= 11 is 0. The number of carbonyl (C=O) groups excluding carboxylic acids is 1. The Labute approximate surface area is 178 Å². The number of ether oxygens (including phenoxy) is 2. The average Bonchev–Trinajstić information content (AvgIpc) is 3.12. The number of methoxy groups -OCH3 is 1. The number of aromatic amines is 1. The van der Waals surface area contributed by atoms with Gasteiger partial charge in [-0.3, -0.25) is 14.6 Å². The largest absolute Gasteiger partial charge is 0.469 e. The number of rotatable bonds is 5. The van der Waals surface area contributed by atoms with Gasteiger partial charge in [0.25, 0.3) is 0 Å². The molecule has 0 bridgehead atoms. The fourth-order valence-corrected chi connectivity index (χ4v) is 5.96. The van der Waals surface area contributed by atoms with Crippen LogP contribution in [0.25, 0.3) is 10.9 Å². The molecule has 30 heavy (non-hydrogen) atoms. The van der Waals surface area contributed by atoms with Gasteiger partial charge in [-0.25, -0.2) is 0 Å². The molecule has 0 radical (unpaired) electrons. The monoisotopic (exact) mass is 411 g/mol. The molecule has 6 heteroatoms. The maximum Gasteiger partial charge on any atom is 0.309 e. The number of benzene rings is 1. The highest BCUT2D eigenvalue weighted by atomic mass is 16.5. The number of H-pyrrole nitrogens is 1. The molecular formula is C24H33N3O3. The van der Waals surface area contributed by atoms with Crippen LogP contribution < -0.4 is 0 Å². The van der Waals surface area contributed by atoms with Crippen LogP contribution in [0.1, 0.15) is 42.5 Å². The highest BCUT2D eigenvalue weighted by molar-refractivity contribution is 5.90. The maximum atomic E-state index is 12.4. The Balaban J connectivity index is 1.53. The quantitative estimate of drug-likeness (QED) is 0.767. The molecule has 0 spiro atoms. The predicted molar refractivity (Wildman–Crippen MR) is 117 cm³/mol. The van der Waals surface area contributed by atoms with Crippen molar-refractivity contribution < 1.29 is 14.3 Å². The molecule has 162 valence electrons. The van der Waals surface area contributed by atoms with Gasteiger partial charge in [0.2, 0.25) is 0 Å². The Bertz CT molecular complexity index is 918. The summed E-state index contributed by atoms with van der Waals surface area (Å²) < 4.78 is 10.7. The highest BCUT2D eigenvalue weighted by Crippen LogP contribution is 2.46. The first kappa shape index (κ1) is 20.0. The van der Waals surface area contributed by atoms with Crippen LogP contribution in [-0.2, 0) is 27.2 Å². The van der Waals surface area contributed by atoms with Crippen molar-refractivity contribution in [2.45, 2.75) is 44.7 Å². The Morgan fingerprint density at radius 3 is 2.90 bits per heavy atom. The third-order valence-electron chi connectivity index (χ3n) is 7.32. The first-order valence-electron chi connectivity index (χ1n) is 11.4. The minimum Gasteiger partial charge on any atom is -0.469 e. The number of morpholine rings is 1. The number of esters is 1. The van der Waals surface area contributed by atoms with Gasteiger partial charge < -0.3 is 14.5 Å². The summed E-state index contributed by atoms with van der Waals surface area (Å²) in [6.07, 6.45) is 3.05. The first-order chi connectivity index (χ1) is 14.7. The third kappa shape index (κ3) is 3.45. The Kier molecular flexibility index (Phi) is 5.56. The van der Waals surface area contributed by atoms with Gasteiger partial charge in [-0.15, -0.1) is 0 Å². The molecule has 1 aliphatic carbocycles. The molecule has 6 nitrogen and oxygen atoms in total. The van der Waals surface area contributed by atoms with E-state index >= 15 is 0 Å². The average molecular weight is 412 g/mol. The predicted octanol–water partition coefficient (Wildman–Crippen LogP) is 2.91. The summed E-state index contributed by atoms with van der Waals surface area (Å²) in [7, 11) is 1.52. The maximum absolute atomic E-state index is 12.4. The summed E-state index contributed by atoms with van der Waals surface area (Å²) in [6.45, 7) is 8.68. The van der Waals surface area contributed by atoms with Crippen LogP contribution >= 0.6 is 0 Å². The lowest BCUT2D eigenvalue weighted by Gasteiger charge is -2.46. The molecule has 1 aromatic heterocycles. The van der Waals surface area contributed by atoms with Crippen molar-refractivity contribution in [1.29, 1.82) is 0 Å². The molecule has 0 amide bonds. The van der Waals surface area contributed by atoms with Crippen LogP contribution in [0, 0.1) is 5.92 Å². The number of piperidine rings is 1. The van der Waals surface area contributed by atoms with E-state index in [9.17, 15) is 4.79 Å². The van der Waals surface area contributed by atoms with Gasteiger partial charge in [-0.2, -0.15) is 0 Å². The molecule has 3 aliphatic rings. The van der Waals surface area contributed by atoms with Gasteiger partial charge in [0.1, 0.15) is 0 Å². The van der Waals surface area contributed by atoms with E-state index in [1.165, 1.54) is 34.8 Å². The number of carbonyl (C=O) groups is 1. The van der Waals surface area contributed by atoms with E-state index in [1.807, 2.05) is 0 Å². The third-order valence-corrected chi connectivity index (χ3v) is 7.32. The normalized spacial score (nSPS) is 27.2. The van der Waals surface area contributed by atoms with E-state index in [0.29, 0.717) is 12.0 Å².